The summed E-state index contributed by atoms with van der Waals surface area (Å²) in [5, 5.41) is 23.6. The zero-order chi connectivity index (χ0) is 23.3. The van der Waals surface area contributed by atoms with E-state index in [0.717, 1.165) is 11.1 Å². The first-order valence-electron chi connectivity index (χ1n) is 10.1. The number of hydrogen-bond acceptors (Lipinski definition) is 8. The van der Waals surface area contributed by atoms with Gasteiger partial charge in [-0.05, 0) is 24.6 Å². The molecule has 32 heavy (non-hydrogen) atoms. The van der Waals surface area contributed by atoms with Crippen LogP contribution in [0.3, 0.4) is 0 Å². The second kappa shape index (κ2) is 10.5. The number of rotatable bonds is 8. The van der Waals surface area contributed by atoms with Crippen molar-refractivity contribution in [1.29, 1.82) is 0 Å². The van der Waals surface area contributed by atoms with E-state index >= 15 is 0 Å². The number of hydrogen-bond donors (Lipinski definition) is 3. The largest absolute Gasteiger partial charge is 0.388 e. The monoisotopic (exact) mass is 465 g/mol. The normalized spacial score (nSPS) is 25.9. The molecule has 1 aliphatic rings. The van der Waals surface area contributed by atoms with Gasteiger partial charge < -0.3 is 25.0 Å². The SMILES string of the molecule is CC(=O)N[C@H]1[C@H](OCc2ccccc2)O[C@H](COS(=O)(=O)c2ccc(C)cc2)[C@@H](O)[C@@H]1O. The number of carbonyl (C=O) groups excluding carboxylic acids is 1. The average molecular weight is 466 g/mol. The summed E-state index contributed by atoms with van der Waals surface area (Å²) in [5.74, 6) is -0.449. The molecule has 174 valence electrons. The minimum absolute atomic E-state index is 0.0399. The Kier molecular flexibility index (Phi) is 7.99. The van der Waals surface area contributed by atoms with Crippen LogP contribution in [0.25, 0.3) is 0 Å². The summed E-state index contributed by atoms with van der Waals surface area (Å²) in [7, 11) is -4.11. The van der Waals surface area contributed by atoms with Gasteiger partial charge in [0.25, 0.3) is 10.1 Å². The Morgan fingerprint density at radius 3 is 2.34 bits per heavy atom. The maximum Gasteiger partial charge on any atom is 0.297 e. The smallest absolute Gasteiger partial charge is 0.297 e. The molecule has 0 saturated carbocycles. The fourth-order valence-electron chi connectivity index (χ4n) is 3.28. The van der Waals surface area contributed by atoms with Crippen LogP contribution >= 0.6 is 0 Å². The van der Waals surface area contributed by atoms with Crippen LogP contribution in [0.2, 0.25) is 0 Å². The summed E-state index contributed by atoms with van der Waals surface area (Å²) in [4.78, 5) is 11.5. The van der Waals surface area contributed by atoms with Crippen LogP contribution in [-0.4, -0.2) is 61.8 Å². The van der Waals surface area contributed by atoms with Crippen molar-refractivity contribution in [2.24, 2.45) is 0 Å². The Hall–Kier alpha value is -2.34. The van der Waals surface area contributed by atoms with E-state index in [1.165, 1.54) is 19.1 Å². The lowest BCUT2D eigenvalue weighted by Gasteiger charge is -2.42. The molecule has 9 nitrogen and oxygen atoms in total. The van der Waals surface area contributed by atoms with Gasteiger partial charge in [-0.25, -0.2) is 0 Å². The molecule has 3 N–H and O–H groups in total. The van der Waals surface area contributed by atoms with Gasteiger partial charge in [-0.15, -0.1) is 0 Å². The van der Waals surface area contributed by atoms with Gasteiger partial charge >= 0.3 is 0 Å². The quantitative estimate of drug-likeness (QED) is 0.490. The van der Waals surface area contributed by atoms with Crippen molar-refractivity contribution >= 4 is 16.0 Å². The zero-order valence-corrected chi connectivity index (χ0v) is 18.6. The van der Waals surface area contributed by atoms with Crippen LogP contribution in [0.5, 0.6) is 0 Å². The molecule has 0 radical (unpaired) electrons. The summed E-state index contributed by atoms with van der Waals surface area (Å²) in [5.41, 5.74) is 1.72. The van der Waals surface area contributed by atoms with Crippen molar-refractivity contribution < 1.29 is 37.1 Å². The molecule has 0 aromatic heterocycles. The highest BCUT2D eigenvalue weighted by atomic mass is 32.2. The average Bonchev–Trinajstić information content (AvgIpc) is 2.76. The van der Waals surface area contributed by atoms with Gasteiger partial charge in [0.15, 0.2) is 6.29 Å². The van der Waals surface area contributed by atoms with E-state index in [0.29, 0.717) is 0 Å². The van der Waals surface area contributed by atoms with Crippen molar-refractivity contribution in [3.05, 3.63) is 65.7 Å². The van der Waals surface area contributed by atoms with Crippen LogP contribution < -0.4 is 5.32 Å². The molecule has 1 saturated heterocycles. The number of benzene rings is 2. The van der Waals surface area contributed by atoms with Gasteiger partial charge in [-0.3, -0.25) is 8.98 Å². The maximum absolute atomic E-state index is 12.5. The fourth-order valence-corrected chi connectivity index (χ4v) is 4.20. The number of aliphatic hydroxyl groups is 2. The van der Waals surface area contributed by atoms with Crippen LogP contribution in [-0.2, 0) is 35.2 Å². The summed E-state index contributed by atoms with van der Waals surface area (Å²) in [6.07, 6.45) is -5.34. The van der Waals surface area contributed by atoms with Gasteiger partial charge in [-0.2, -0.15) is 8.42 Å². The summed E-state index contributed by atoms with van der Waals surface area (Å²) in [6, 6.07) is 14.2. The topological polar surface area (TPSA) is 131 Å². The maximum atomic E-state index is 12.5. The van der Waals surface area contributed by atoms with Gasteiger partial charge in [0.05, 0.1) is 18.1 Å². The molecule has 3 rings (SSSR count). The Morgan fingerprint density at radius 2 is 1.72 bits per heavy atom. The third-order valence-corrected chi connectivity index (χ3v) is 6.32. The lowest BCUT2D eigenvalue weighted by atomic mass is 9.97. The molecular weight excluding hydrogens is 438 g/mol. The first-order valence-corrected chi connectivity index (χ1v) is 11.5. The summed E-state index contributed by atoms with van der Waals surface area (Å²) >= 11 is 0. The lowest BCUT2D eigenvalue weighted by Crippen LogP contribution is -2.64. The van der Waals surface area contributed by atoms with E-state index in [2.05, 4.69) is 5.32 Å². The molecule has 2 aromatic carbocycles. The number of nitrogens with one attached hydrogen (secondary N) is 1. The first kappa shape index (κ1) is 24.3. The fraction of sp³-hybridized carbons (Fsp3) is 0.409. The highest BCUT2D eigenvalue weighted by molar-refractivity contribution is 7.86. The predicted octanol–water partition coefficient (Wildman–Crippen LogP) is 0.869. The molecule has 0 bridgehead atoms. The Balaban J connectivity index is 1.71. The summed E-state index contributed by atoms with van der Waals surface area (Å²) in [6.45, 7) is 2.65. The molecule has 0 aliphatic carbocycles. The predicted molar refractivity (Wildman–Crippen MR) is 114 cm³/mol. The van der Waals surface area contributed by atoms with Gasteiger partial charge in [0.2, 0.25) is 5.91 Å². The lowest BCUT2D eigenvalue weighted by molar-refractivity contribution is -0.272. The Morgan fingerprint density at radius 1 is 1.06 bits per heavy atom. The number of ether oxygens (including phenoxy) is 2. The number of amides is 1. The number of aryl methyl sites for hydroxylation is 1. The van der Waals surface area contributed by atoms with E-state index in [9.17, 15) is 23.4 Å². The highest BCUT2D eigenvalue weighted by Crippen LogP contribution is 2.25. The molecular formula is C22H27NO8S. The van der Waals surface area contributed by atoms with E-state index < -0.39 is 53.3 Å². The third-order valence-electron chi connectivity index (χ3n) is 5.03. The van der Waals surface area contributed by atoms with Crippen molar-refractivity contribution in [3.63, 3.8) is 0 Å². The van der Waals surface area contributed by atoms with Crippen molar-refractivity contribution in [3.8, 4) is 0 Å². The van der Waals surface area contributed by atoms with Crippen LogP contribution in [0.4, 0.5) is 0 Å². The minimum atomic E-state index is -4.11. The Labute approximate surface area is 187 Å². The third kappa shape index (κ3) is 6.12. The molecule has 1 amide bonds. The first-order chi connectivity index (χ1) is 15.2. The highest BCUT2D eigenvalue weighted by Gasteiger charge is 2.46. The van der Waals surface area contributed by atoms with Crippen molar-refractivity contribution in [2.45, 2.75) is 56.0 Å². The van der Waals surface area contributed by atoms with Crippen LogP contribution in [0.1, 0.15) is 18.1 Å². The van der Waals surface area contributed by atoms with Gasteiger partial charge in [-0.1, -0.05) is 48.0 Å². The van der Waals surface area contributed by atoms with Crippen molar-refractivity contribution in [2.75, 3.05) is 6.61 Å². The molecule has 0 unspecified atom stereocenters. The number of carbonyl (C=O) groups is 1. The van der Waals surface area contributed by atoms with E-state index in [4.69, 9.17) is 13.7 Å². The van der Waals surface area contributed by atoms with Gasteiger partial charge in [0, 0.05) is 6.92 Å². The number of aliphatic hydroxyl groups excluding tert-OH is 2. The standard InChI is InChI=1S/C22H27NO8S/c1-14-8-10-17(11-9-14)32(27,28)30-13-18-20(25)21(26)19(23-15(2)24)22(31-18)29-12-16-6-4-3-5-7-16/h3-11,18-22,25-26H,12-13H2,1-2H3,(H,23,24)/t18-,19-,20-,21-,22-/m1/s1. The van der Waals surface area contributed by atoms with Crippen LogP contribution in [0.15, 0.2) is 59.5 Å². The zero-order valence-electron chi connectivity index (χ0n) is 17.7. The van der Waals surface area contributed by atoms with Gasteiger partial charge in [0.1, 0.15) is 24.4 Å². The van der Waals surface area contributed by atoms with Crippen LogP contribution in [0, 0.1) is 6.92 Å². The molecule has 0 spiro atoms. The second-order valence-corrected chi connectivity index (χ2v) is 9.21. The molecule has 1 heterocycles. The molecule has 5 atom stereocenters. The van der Waals surface area contributed by atoms with E-state index in [1.807, 2.05) is 37.3 Å². The van der Waals surface area contributed by atoms with E-state index in [-0.39, 0.29) is 11.5 Å². The molecule has 2 aromatic rings. The van der Waals surface area contributed by atoms with Crippen molar-refractivity contribution in [1.82, 2.24) is 5.32 Å². The Bertz CT molecular complexity index is 996. The summed E-state index contributed by atoms with van der Waals surface area (Å²) < 4.78 is 41.5. The molecule has 10 heteroatoms. The molecule has 1 aliphatic heterocycles. The second-order valence-electron chi connectivity index (χ2n) is 7.60. The molecule has 1 fully saturated rings. The van der Waals surface area contributed by atoms with E-state index in [1.54, 1.807) is 12.1 Å². The minimum Gasteiger partial charge on any atom is -0.388 e.